The minimum Gasteiger partial charge on any atom is -0.481 e. The summed E-state index contributed by atoms with van der Waals surface area (Å²) in [6, 6.07) is 0. The first kappa shape index (κ1) is 12.5. The summed E-state index contributed by atoms with van der Waals surface area (Å²) in [6.07, 6.45) is 3.79. The zero-order valence-corrected chi connectivity index (χ0v) is 9.55. The van der Waals surface area contributed by atoms with Crippen molar-refractivity contribution in [3.8, 4) is 0 Å². The van der Waals surface area contributed by atoms with Crippen molar-refractivity contribution in [1.29, 1.82) is 0 Å². The lowest BCUT2D eigenvalue weighted by Crippen LogP contribution is -2.43. The fourth-order valence-electron chi connectivity index (χ4n) is 1.89. The van der Waals surface area contributed by atoms with Crippen LogP contribution in [0.2, 0.25) is 0 Å². The fourth-order valence-corrected chi connectivity index (χ4v) is 1.89. The zero-order chi connectivity index (χ0) is 11.5. The highest BCUT2D eigenvalue weighted by Crippen LogP contribution is 2.28. The largest absolute Gasteiger partial charge is 0.481 e. The lowest BCUT2D eigenvalue weighted by molar-refractivity contribution is -0.146. The number of hydrogen-bond donors (Lipinski definition) is 3. The standard InChI is InChI=1S/C11H21NO3/c1-10(2,9(13)14)7-12-8-11(15)5-3-4-6-11/h12,15H,3-8H2,1-2H3,(H,13,14). The van der Waals surface area contributed by atoms with Crippen LogP contribution in [-0.2, 0) is 4.79 Å². The molecular weight excluding hydrogens is 194 g/mol. The number of carboxylic acids is 1. The highest BCUT2D eigenvalue weighted by molar-refractivity contribution is 5.73. The molecule has 15 heavy (non-hydrogen) atoms. The van der Waals surface area contributed by atoms with Crippen LogP contribution in [0.25, 0.3) is 0 Å². The molecule has 0 amide bonds. The first-order valence-electron chi connectivity index (χ1n) is 5.52. The van der Waals surface area contributed by atoms with Crippen LogP contribution in [0.1, 0.15) is 39.5 Å². The van der Waals surface area contributed by atoms with Crippen molar-refractivity contribution in [3.05, 3.63) is 0 Å². The topological polar surface area (TPSA) is 69.6 Å². The van der Waals surface area contributed by atoms with Crippen LogP contribution in [0.15, 0.2) is 0 Å². The van der Waals surface area contributed by atoms with E-state index in [0.717, 1.165) is 25.7 Å². The average molecular weight is 215 g/mol. The molecule has 1 aliphatic carbocycles. The Kier molecular flexibility index (Phi) is 3.73. The molecule has 0 saturated heterocycles. The molecule has 0 aliphatic heterocycles. The van der Waals surface area contributed by atoms with Crippen molar-refractivity contribution >= 4 is 5.97 Å². The first-order chi connectivity index (χ1) is 6.86. The van der Waals surface area contributed by atoms with E-state index in [2.05, 4.69) is 5.32 Å². The van der Waals surface area contributed by atoms with Gasteiger partial charge in [0.2, 0.25) is 0 Å². The van der Waals surface area contributed by atoms with Gasteiger partial charge in [-0.3, -0.25) is 4.79 Å². The Morgan fingerprint density at radius 2 is 1.93 bits per heavy atom. The Bertz CT molecular complexity index is 232. The fraction of sp³-hybridized carbons (Fsp3) is 0.909. The minimum absolute atomic E-state index is 0.393. The maximum atomic E-state index is 10.8. The molecule has 4 heteroatoms. The Morgan fingerprint density at radius 3 is 2.40 bits per heavy atom. The van der Waals surface area contributed by atoms with Crippen LogP contribution in [0.4, 0.5) is 0 Å². The second-order valence-corrected chi connectivity index (χ2v) is 5.22. The summed E-state index contributed by atoms with van der Waals surface area (Å²) in [5.41, 5.74) is -1.37. The molecule has 0 radical (unpaired) electrons. The SMILES string of the molecule is CC(C)(CNCC1(O)CCCC1)C(=O)O. The highest BCUT2D eigenvalue weighted by atomic mass is 16.4. The smallest absolute Gasteiger partial charge is 0.310 e. The normalized spacial score (nSPS) is 20.5. The molecule has 1 fully saturated rings. The number of hydrogen-bond acceptors (Lipinski definition) is 3. The van der Waals surface area contributed by atoms with Gasteiger partial charge < -0.3 is 15.5 Å². The lowest BCUT2D eigenvalue weighted by atomic mass is 9.93. The monoisotopic (exact) mass is 215 g/mol. The predicted molar refractivity (Wildman–Crippen MR) is 57.7 cm³/mol. The molecule has 0 spiro atoms. The van der Waals surface area contributed by atoms with E-state index in [0.29, 0.717) is 13.1 Å². The summed E-state index contributed by atoms with van der Waals surface area (Å²) in [4.78, 5) is 10.8. The molecule has 0 atom stereocenters. The van der Waals surface area contributed by atoms with E-state index >= 15 is 0 Å². The molecule has 0 aromatic rings. The molecule has 0 heterocycles. The molecular formula is C11H21NO3. The van der Waals surface area contributed by atoms with Gasteiger partial charge in [-0.2, -0.15) is 0 Å². The van der Waals surface area contributed by atoms with Crippen molar-refractivity contribution in [2.75, 3.05) is 13.1 Å². The predicted octanol–water partition coefficient (Wildman–Crippen LogP) is 0.992. The van der Waals surface area contributed by atoms with Crippen molar-refractivity contribution in [3.63, 3.8) is 0 Å². The second-order valence-electron chi connectivity index (χ2n) is 5.22. The number of carbonyl (C=O) groups is 1. The number of rotatable bonds is 5. The van der Waals surface area contributed by atoms with Crippen LogP contribution in [0.5, 0.6) is 0 Å². The third-order valence-corrected chi connectivity index (χ3v) is 3.13. The molecule has 1 aliphatic rings. The van der Waals surface area contributed by atoms with Gasteiger partial charge in [-0.05, 0) is 26.7 Å². The molecule has 1 saturated carbocycles. The van der Waals surface area contributed by atoms with Crippen molar-refractivity contribution < 1.29 is 15.0 Å². The van der Waals surface area contributed by atoms with E-state index in [4.69, 9.17) is 5.11 Å². The van der Waals surface area contributed by atoms with Crippen molar-refractivity contribution in [2.24, 2.45) is 5.41 Å². The molecule has 0 aromatic carbocycles. The van der Waals surface area contributed by atoms with Crippen LogP contribution in [0.3, 0.4) is 0 Å². The highest BCUT2D eigenvalue weighted by Gasteiger charge is 2.32. The molecule has 0 bridgehead atoms. The third kappa shape index (κ3) is 3.47. The van der Waals surface area contributed by atoms with Crippen LogP contribution in [0, 0.1) is 5.41 Å². The van der Waals surface area contributed by atoms with Gasteiger partial charge in [0.25, 0.3) is 0 Å². The second kappa shape index (κ2) is 4.49. The maximum Gasteiger partial charge on any atom is 0.310 e. The van der Waals surface area contributed by atoms with Gasteiger partial charge in [-0.1, -0.05) is 12.8 Å². The maximum absolute atomic E-state index is 10.8. The summed E-state index contributed by atoms with van der Waals surface area (Å²) < 4.78 is 0. The Labute approximate surface area is 90.7 Å². The molecule has 3 N–H and O–H groups in total. The van der Waals surface area contributed by atoms with E-state index in [9.17, 15) is 9.90 Å². The van der Waals surface area contributed by atoms with E-state index in [1.165, 1.54) is 0 Å². The van der Waals surface area contributed by atoms with Gasteiger partial charge in [0.1, 0.15) is 0 Å². The van der Waals surface area contributed by atoms with Gasteiger partial charge >= 0.3 is 5.97 Å². The van der Waals surface area contributed by atoms with E-state index in [-0.39, 0.29) is 0 Å². The molecule has 88 valence electrons. The van der Waals surface area contributed by atoms with Gasteiger partial charge in [0.05, 0.1) is 11.0 Å². The van der Waals surface area contributed by atoms with E-state index in [1.807, 2.05) is 0 Å². The molecule has 4 nitrogen and oxygen atoms in total. The zero-order valence-electron chi connectivity index (χ0n) is 9.55. The van der Waals surface area contributed by atoms with Crippen molar-refractivity contribution in [2.45, 2.75) is 45.1 Å². The van der Waals surface area contributed by atoms with Gasteiger partial charge in [-0.25, -0.2) is 0 Å². The Morgan fingerprint density at radius 1 is 1.40 bits per heavy atom. The first-order valence-corrected chi connectivity index (χ1v) is 5.52. The summed E-state index contributed by atoms with van der Waals surface area (Å²) in [7, 11) is 0. The average Bonchev–Trinajstić information content (AvgIpc) is 2.51. The number of aliphatic hydroxyl groups is 1. The summed E-state index contributed by atoms with van der Waals surface area (Å²) in [5.74, 6) is -0.812. The molecule has 0 unspecified atom stereocenters. The summed E-state index contributed by atoms with van der Waals surface area (Å²) in [5, 5.41) is 22.0. The Balaban J connectivity index is 2.29. The van der Waals surface area contributed by atoms with Gasteiger partial charge in [-0.15, -0.1) is 0 Å². The number of nitrogens with one attached hydrogen (secondary N) is 1. The molecule has 1 rings (SSSR count). The third-order valence-electron chi connectivity index (χ3n) is 3.13. The van der Waals surface area contributed by atoms with Crippen LogP contribution in [-0.4, -0.2) is 34.9 Å². The van der Waals surface area contributed by atoms with Crippen LogP contribution >= 0.6 is 0 Å². The Hall–Kier alpha value is -0.610. The van der Waals surface area contributed by atoms with Crippen molar-refractivity contribution in [1.82, 2.24) is 5.32 Å². The summed E-state index contributed by atoms with van der Waals surface area (Å²) >= 11 is 0. The van der Waals surface area contributed by atoms with Gasteiger partial charge in [0.15, 0.2) is 0 Å². The quantitative estimate of drug-likeness (QED) is 0.639. The summed E-state index contributed by atoms with van der Waals surface area (Å²) in [6.45, 7) is 4.26. The number of carboxylic acid groups (broad SMARTS) is 1. The molecule has 0 aromatic heterocycles. The number of aliphatic carboxylic acids is 1. The van der Waals surface area contributed by atoms with Crippen LogP contribution < -0.4 is 5.32 Å². The lowest BCUT2D eigenvalue weighted by Gasteiger charge is -2.26. The minimum atomic E-state index is -0.812. The van der Waals surface area contributed by atoms with E-state index < -0.39 is 17.0 Å². The van der Waals surface area contributed by atoms with E-state index in [1.54, 1.807) is 13.8 Å². The van der Waals surface area contributed by atoms with Gasteiger partial charge in [0, 0.05) is 13.1 Å².